The molecule has 1 N–H and O–H groups in total. The molecule has 0 saturated carbocycles. The molecule has 0 spiro atoms. The number of rotatable bonds is 4. The minimum absolute atomic E-state index is 0.0279. The Bertz CT molecular complexity index is 353. The Labute approximate surface area is 103 Å². The molecule has 1 atom stereocenters. The molecule has 0 radical (unpaired) electrons. The summed E-state index contributed by atoms with van der Waals surface area (Å²) < 4.78 is 7.98. The van der Waals surface area contributed by atoms with Gasteiger partial charge >= 0.3 is 0 Å². The summed E-state index contributed by atoms with van der Waals surface area (Å²) in [6, 6.07) is 2.45. The number of hydrogen-bond acceptors (Lipinski definition) is 3. The van der Waals surface area contributed by atoms with E-state index in [1.165, 1.54) is 6.42 Å². The molecule has 4 nitrogen and oxygen atoms in total. The van der Waals surface area contributed by atoms with E-state index in [0.717, 1.165) is 25.2 Å². The standard InChI is InChI=1S/C13H23N3O/c1-11(2)16-8-5-12(15-16)9-17-13(3)6-4-7-14-10-13/h5,8,11,14H,4,6-7,9-10H2,1-3H3. The molecule has 1 aromatic heterocycles. The van der Waals surface area contributed by atoms with Crippen molar-refractivity contribution in [2.24, 2.45) is 0 Å². The summed E-state index contributed by atoms with van der Waals surface area (Å²) in [5.41, 5.74) is 0.991. The first-order valence-corrected chi connectivity index (χ1v) is 6.48. The Morgan fingerprint density at radius 3 is 3.00 bits per heavy atom. The van der Waals surface area contributed by atoms with Crippen LogP contribution in [-0.2, 0) is 11.3 Å². The van der Waals surface area contributed by atoms with E-state index in [1.807, 2.05) is 16.9 Å². The van der Waals surface area contributed by atoms with E-state index >= 15 is 0 Å². The van der Waals surface area contributed by atoms with Crippen molar-refractivity contribution in [3.63, 3.8) is 0 Å². The third-order valence-electron chi connectivity index (χ3n) is 3.32. The largest absolute Gasteiger partial charge is 0.368 e. The van der Waals surface area contributed by atoms with Gasteiger partial charge in [0.2, 0.25) is 0 Å². The topological polar surface area (TPSA) is 39.1 Å². The molecule has 0 bridgehead atoms. The number of nitrogens with zero attached hydrogens (tertiary/aromatic N) is 2. The van der Waals surface area contributed by atoms with Crippen LogP contribution in [0, 0.1) is 0 Å². The summed E-state index contributed by atoms with van der Waals surface area (Å²) in [6.45, 7) is 9.10. The lowest BCUT2D eigenvalue weighted by Gasteiger charge is -2.33. The smallest absolute Gasteiger partial charge is 0.0914 e. The lowest BCUT2D eigenvalue weighted by molar-refractivity contribution is -0.0584. The zero-order valence-electron chi connectivity index (χ0n) is 11.1. The summed E-state index contributed by atoms with van der Waals surface area (Å²) in [6.07, 6.45) is 4.34. The summed E-state index contributed by atoms with van der Waals surface area (Å²) in [5, 5.41) is 7.88. The molecule has 1 aliphatic heterocycles. The molecule has 0 amide bonds. The fourth-order valence-electron chi connectivity index (χ4n) is 2.14. The van der Waals surface area contributed by atoms with Gasteiger partial charge in [0.05, 0.1) is 17.9 Å². The molecule has 2 rings (SSSR count). The molecular formula is C13H23N3O. The van der Waals surface area contributed by atoms with Crippen molar-refractivity contribution in [3.8, 4) is 0 Å². The highest BCUT2D eigenvalue weighted by Crippen LogP contribution is 2.21. The Balaban J connectivity index is 1.88. The summed E-state index contributed by atoms with van der Waals surface area (Å²) in [5.74, 6) is 0. The van der Waals surface area contributed by atoms with E-state index in [9.17, 15) is 0 Å². The van der Waals surface area contributed by atoms with Gasteiger partial charge in [0.15, 0.2) is 0 Å². The third kappa shape index (κ3) is 3.30. The Hall–Kier alpha value is -0.870. The van der Waals surface area contributed by atoms with Crippen LogP contribution in [0.25, 0.3) is 0 Å². The predicted molar refractivity (Wildman–Crippen MR) is 67.9 cm³/mol. The van der Waals surface area contributed by atoms with Crippen molar-refractivity contribution >= 4 is 0 Å². The fraction of sp³-hybridized carbons (Fsp3) is 0.769. The van der Waals surface area contributed by atoms with Gasteiger partial charge in [-0.15, -0.1) is 0 Å². The van der Waals surface area contributed by atoms with Gasteiger partial charge in [-0.2, -0.15) is 5.10 Å². The van der Waals surface area contributed by atoms with Crippen LogP contribution in [0.2, 0.25) is 0 Å². The molecule has 1 saturated heterocycles. The molecule has 96 valence electrons. The van der Waals surface area contributed by atoms with Gasteiger partial charge in [-0.1, -0.05) is 0 Å². The summed E-state index contributed by atoms with van der Waals surface area (Å²) in [7, 11) is 0. The van der Waals surface area contributed by atoms with E-state index in [-0.39, 0.29) is 5.60 Å². The molecule has 1 aliphatic rings. The van der Waals surface area contributed by atoms with E-state index in [1.54, 1.807) is 0 Å². The van der Waals surface area contributed by atoms with Crippen molar-refractivity contribution in [1.82, 2.24) is 15.1 Å². The van der Waals surface area contributed by atoms with Gasteiger partial charge in [0.1, 0.15) is 0 Å². The SMILES string of the molecule is CC(C)n1ccc(COC2(C)CCCNC2)n1. The van der Waals surface area contributed by atoms with Gasteiger partial charge in [0, 0.05) is 18.8 Å². The minimum Gasteiger partial charge on any atom is -0.368 e. The first kappa shape index (κ1) is 12.6. The van der Waals surface area contributed by atoms with E-state index in [2.05, 4.69) is 31.2 Å². The molecule has 0 aromatic carbocycles. The second-order valence-corrected chi connectivity index (χ2v) is 5.40. The zero-order chi connectivity index (χ0) is 12.3. The highest BCUT2D eigenvalue weighted by atomic mass is 16.5. The molecule has 1 fully saturated rings. The quantitative estimate of drug-likeness (QED) is 0.872. The lowest BCUT2D eigenvalue weighted by Crippen LogP contribution is -2.45. The van der Waals surface area contributed by atoms with Gasteiger partial charge in [0.25, 0.3) is 0 Å². The molecule has 1 unspecified atom stereocenters. The molecule has 2 heterocycles. The first-order chi connectivity index (χ1) is 8.09. The molecular weight excluding hydrogens is 214 g/mol. The van der Waals surface area contributed by atoms with Crippen LogP contribution in [0.5, 0.6) is 0 Å². The second kappa shape index (κ2) is 5.19. The Morgan fingerprint density at radius 1 is 1.59 bits per heavy atom. The molecule has 0 aliphatic carbocycles. The third-order valence-corrected chi connectivity index (χ3v) is 3.32. The number of ether oxygens (including phenoxy) is 1. The summed E-state index contributed by atoms with van der Waals surface area (Å²) in [4.78, 5) is 0. The molecule has 17 heavy (non-hydrogen) atoms. The van der Waals surface area contributed by atoms with Crippen LogP contribution in [0.1, 0.15) is 45.3 Å². The van der Waals surface area contributed by atoms with Crippen LogP contribution in [-0.4, -0.2) is 28.5 Å². The van der Waals surface area contributed by atoms with Crippen LogP contribution in [0.3, 0.4) is 0 Å². The molecule has 1 aromatic rings. The van der Waals surface area contributed by atoms with Crippen molar-refractivity contribution in [3.05, 3.63) is 18.0 Å². The highest BCUT2D eigenvalue weighted by molar-refractivity contribution is 4.98. The zero-order valence-corrected chi connectivity index (χ0v) is 11.1. The predicted octanol–water partition coefficient (Wildman–Crippen LogP) is 2.12. The van der Waals surface area contributed by atoms with Crippen LogP contribution in [0.4, 0.5) is 0 Å². The van der Waals surface area contributed by atoms with Gasteiger partial charge in [-0.3, -0.25) is 4.68 Å². The first-order valence-electron chi connectivity index (χ1n) is 6.48. The van der Waals surface area contributed by atoms with E-state index in [0.29, 0.717) is 12.6 Å². The van der Waals surface area contributed by atoms with Gasteiger partial charge in [-0.05, 0) is 46.2 Å². The Kier molecular flexibility index (Phi) is 3.84. The number of hydrogen-bond donors (Lipinski definition) is 1. The second-order valence-electron chi connectivity index (χ2n) is 5.40. The van der Waals surface area contributed by atoms with Crippen LogP contribution >= 0.6 is 0 Å². The lowest BCUT2D eigenvalue weighted by atomic mass is 9.96. The van der Waals surface area contributed by atoms with Crippen LogP contribution in [0.15, 0.2) is 12.3 Å². The molecule has 4 heteroatoms. The summed E-state index contributed by atoms with van der Waals surface area (Å²) >= 11 is 0. The monoisotopic (exact) mass is 237 g/mol. The normalized spacial score (nSPS) is 25.4. The number of nitrogens with one attached hydrogen (secondary N) is 1. The van der Waals surface area contributed by atoms with Crippen LogP contribution < -0.4 is 5.32 Å². The maximum absolute atomic E-state index is 6.01. The average Bonchev–Trinajstić information content (AvgIpc) is 2.76. The fourth-order valence-corrected chi connectivity index (χ4v) is 2.14. The van der Waals surface area contributed by atoms with Crippen molar-refractivity contribution in [2.45, 2.75) is 51.9 Å². The number of aromatic nitrogens is 2. The maximum atomic E-state index is 6.01. The van der Waals surface area contributed by atoms with E-state index in [4.69, 9.17) is 4.74 Å². The van der Waals surface area contributed by atoms with Crippen molar-refractivity contribution < 1.29 is 4.74 Å². The average molecular weight is 237 g/mol. The number of piperidine rings is 1. The van der Waals surface area contributed by atoms with Crippen molar-refractivity contribution in [2.75, 3.05) is 13.1 Å². The van der Waals surface area contributed by atoms with Gasteiger partial charge in [-0.25, -0.2) is 0 Å². The van der Waals surface area contributed by atoms with E-state index < -0.39 is 0 Å². The van der Waals surface area contributed by atoms with Crippen molar-refractivity contribution in [1.29, 1.82) is 0 Å². The minimum atomic E-state index is -0.0279. The Morgan fingerprint density at radius 2 is 2.41 bits per heavy atom. The highest BCUT2D eigenvalue weighted by Gasteiger charge is 2.27. The maximum Gasteiger partial charge on any atom is 0.0914 e. The van der Waals surface area contributed by atoms with Gasteiger partial charge < -0.3 is 10.1 Å².